The lowest BCUT2D eigenvalue weighted by molar-refractivity contribution is -0.133. The van der Waals surface area contributed by atoms with Gasteiger partial charge in [-0.25, -0.2) is 13.2 Å². The number of sulfonamides is 1. The third kappa shape index (κ3) is 7.21. The minimum absolute atomic E-state index is 0.0277. The molecule has 0 bridgehead atoms. The molecule has 1 fully saturated rings. The Morgan fingerprint density at radius 1 is 1.23 bits per heavy atom. The second kappa shape index (κ2) is 9.25. The van der Waals surface area contributed by atoms with Crippen LogP contribution in [-0.2, 0) is 19.6 Å². The number of aliphatic carboxylic acids is 1. The first-order valence-corrected chi connectivity index (χ1v) is 12.0. The lowest BCUT2D eigenvalue weighted by Gasteiger charge is -2.27. The number of hydrogen-bond donors (Lipinski definition) is 1. The summed E-state index contributed by atoms with van der Waals surface area (Å²) in [6.07, 6.45) is 1.72. The number of nitrogens with zero attached hydrogens (tertiary/aromatic N) is 1. The lowest BCUT2D eigenvalue weighted by atomic mass is 10.2. The number of hydrogen-bond acceptors (Lipinski definition) is 8. The van der Waals surface area contributed by atoms with Gasteiger partial charge in [-0.1, -0.05) is 11.8 Å². The van der Waals surface area contributed by atoms with Crippen LogP contribution in [0.2, 0.25) is 0 Å². The number of thioether (sulfide) groups is 1. The number of carbonyl (C=O) groups excluding carboxylic acids is 2. The van der Waals surface area contributed by atoms with Crippen LogP contribution in [-0.4, -0.2) is 54.9 Å². The molecule has 0 unspecified atom stereocenters. The molecule has 1 N–H and O–H groups in total. The topological polar surface area (TPSA) is 127 Å². The lowest BCUT2D eigenvalue weighted by Crippen LogP contribution is -2.40. The maximum atomic E-state index is 12.6. The first-order valence-electron chi connectivity index (χ1n) is 9.17. The molecule has 0 aliphatic heterocycles. The third-order valence-corrected chi connectivity index (χ3v) is 5.70. The number of anilines is 1. The Kier molecular flexibility index (Phi) is 7.40. The van der Waals surface area contributed by atoms with Crippen molar-refractivity contribution < 1.29 is 37.4 Å². The van der Waals surface area contributed by atoms with E-state index in [0.29, 0.717) is 28.6 Å². The fourth-order valence-corrected chi connectivity index (χ4v) is 3.71. The number of benzene rings is 1. The van der Waals surface area contributed by atoms with E-state index in [2.05, 4.69) is 0 Å². The SMILES string of the molecule is CC(C)(C)OC(=O)N(c1ccc(C(=O)SCC(=O)O)cc1OCC1CC1)S(C)(=O)=O. The van der Waals surface area contributed by atoms with Crippen molar-refractivity contribution in [2.24, 2.45) is 5.92 Å². The van der Waals surface area contributed by atoms with Crippen molar-refractivity contribution in [3.63, 3.8) is 0 Å². The Bertz CT molecular complexity index is 932. The van der Waals surface area contributed by atoms with Crippen molar-refractivity contribution in [1.82, 2.24) is 0 Å². The van der Waals surface area contributed by atoms with E-state index < -0.39 is 38.6 Å². The summed E-state index contributed by atoms with van der Waals surface area (Å²) >= 11 is 0.600. The van der Waals surface area contributed by atoms with Gasteiger partial charge in [0.15, 0.2) is 0 Å². The van der Waals surface area contributed by atoms with E-state index in [1.54, 1.807) is 20.8 Å². The van der Waals surface area contributed by atoms with Gasteiger partial charge in [0.05, 0.1) is 18.6 Å². The van der Waals surface area contributed by atoms with Crippen LogP contribution < -0.4 is 9.04 Å². The molecule has 1 aromatic carbocycles. The zero-order valence-electron chi connectivity index (χ0n) is 17.2. The summed E-state index contributed by atoms with van der Waals surface area (Å²) in [5.41, 5.74) is -0.876. The van der Waals surface area contributed by atoms with Gasteiger partial charge in [-0.3, -0.25) is 9.59 Å². The normalized spacial score (nSPS) is 14.1. The summed E-state index contributed by atoms with van der Waals surface area (Å²) < 4.78 is 36.3. The van der Waals surface area contributed by atoms with E-state index in [-0.39, 0.29) is 17.0 Å². The van der Waals surface area contributed by atoms with Gasteiger partial charge in [-0.2, -0.15) is 4.31 Å². The molecule has 0 aromatic heterocycles. The second-order valence-corrected chi connectivity index (χ2v) is 10.7. The predicted octanol–water partition coefficient (Wildman–Crippen LogP) is 3.13. The first kappa shape index (κ1) is 24.0. The molecule has 9 nitrogen and oxygen atoms in total. The fraction of sp³-hybridized carbons (Fsp3) is 0.526. The van der Waals surface area contributed by atoms with E-state index in [9.17, 15) is 22.8 Å². The minimum Gasteiger partial charge on any atom is -0.491 e. The summed E-state index contributed by atoms with van der Waals surface area (Å²) in [6.45, 7) is 5.13. The molecular formula is C19H25NO8S2. The van der Waals surface area contributed by atoms with Gasteiger partial charge in [-0.15, -0.1) is 0 Å². The average molecular weight is 460 g/mol. The minimum atomic E-state index is -4.08. The summed E-state index contributed by atoms with van der Waals surface area (Å²) in [5.74, 6) is -1.19. The molecule has 1 amide bonds. The summed E-state index contributed by atoms with van der Waals surface area (Å²) in [4.78, 5) is 35.6. The Morgan fingerprint density at radius 3 is 2.37 bits per heavy atom. The van der Waals surface area contributed by atoms with Crippen molar-refractivity contribution in [3.05, 3.63) is 23.8 Å². The Morgan fingerprint density at radius 2 is 1.87 bits per heavy atom. The maximum absolute atomic E-state index is 12.6. The molecule has 11 heteroatoms. The van der Waals surface area contributed by atoms with Crippen LogP contribution in [0.1, 0.15) is 44.0 Å². The monoisotopic (exact) mass is 459 g/mol. The van der Waals surface area contributed by atoms with E-state index in [0.717, 1.165) is 19.1 Å². The molecule has 1 aliphatic carbocycles. The van der Waals surface area contributed by atoms with Gasteiger partial charge in [0.2, 0.25) is 15.1 Å². The number of amides is 1. The van der Waals surface area contributed by atoms with Gasteiger partial charge < -0.3 is 14.6 Å². The van der Waals surface area contributed by atoms with Crippen LogP contribution in [0.25, 0.3) is 0 Å². The number of carboxylic acid groups (broad SMARTS) is 1. The summed E-state index contributed by atoms with van der Waals surface area (Å²) in [5, 5.41) is 8.24. The molecular weight excluding hydrogens is 434 g/mol. The van der Waals surface area contributed by atoms with Crippen LogP contribution in [0, 0.1) is 5.92 Å². The zero-order chi connectivity index (χ0) is 22.7. The largest absolute Gasteiger partial charge is 0.491 e. The second-order valence-electron chi connectivity index (χ2n) is 7.91. The maximum Gasteiger partial charge on any atom is 0.429 e. The number of carbonyl (C=O) groups is 3. The molecule has 1 aliphatic rings. The van der Waals surface area contributed by atoms with Crippen molar-refractivity contribution in [3.8, 4) is 5.75 Å². The van der Waals surface area contributed by atoms with Crippen LogP contribution in [0.15, 0.2) is 18.2 Å². The van der Waals surface area contributed by atoms with E-state index in [4.69, 9.17) is 14.6 Å². The molecule has 0 saturated heterocycles. The van der Waals surface area contributed by atoms with Gasteiger partial charge in [-0.05, 0) is 57.7 Å². The Balaban J connectivity index is 2.44. The number of carboxylic acids is 1. The highest BCUT2D eigenvalue weighted by atomic mass is 32.2. The molecule has 2 rings (SSSR count). The smallest absolute Gasteiger partial charge is 0.429 e. The zero-order valence-corrected chi connectivity index (χ0v) is 18.8. The van der Waals surface area contributed by atoms with Crippen LogP contribution >= 0.6 is 11.8 Å². The molecule has 0 radical (unpaired) electrons. The molecule has 30 heavy (non-hydrogen) atoms. The van der Waals surface area contributed by atoms with Crippen molar-refractivity contribution in [2.75, 3.05) is 22.9 Å². The average Bonchev–Trinajstić information content (AvgIpc) is 3.40. The van der Waals surface area contributed by atoms with Crippen LogP contribution in [0.3, 0.4) is 0 Å². The number of ether oxygens (including phenoxy) is 2. The molecule has 166 valence electrons. The van der Waals surface area contributed by atoms with Gasteiger partial charge in [0.25, 0.3) is 0 Å². The Labute approximate surface area is 179 Å². The highest BCUT2D eigenvalue weighted by Gasteiger charge is 2.33. The quantitative estimate of drug-likeness (QED) is 0.623. The van der Waals surface area contributed by atoms with E-state index >= 15 is 0 Å². The first-order chi connectivity index (χ1) is 13.8. The van der Waals surface area contributed by atoms with Gasteiger partial charge in [0, 0.05) is 5.56 Å². The molecule has 0 spiro atoms. The fourth-order valence-electron chi connectivity index (χ4n) is 2.34. The predicted molar refractivity (Wildman–Crippen MR) is 113 cm³/mol. The molecule has 0 atom stereocenters. The summed E-state index contributed by atoms with van der Waals surface area (Å²) in [7, 11) is -4.08. The molecule has 1 aromatic rings. The Hall–Kier alpha value is -2.27. The van der Waals surface area contributed by atoms with Gasteiger partial charge in [0.1, 0.15) is 17.0 Å². The van der Waals surface area contributed by atoms with Crippen molar-refractivity contribution >= 4 is 44.7 Å². The van der Waals surface area contributed by atoms with Crippen LogP contribution in [0.4, 0.5) is 10.5 Å². The van der Waals surface area contributed by atoms with Gasteiger partial charge >= 0.3 is 12.1 Å². The highest BCUT2D eigenvalue weighted by molar-refractivity contribution is 8.14. The standard InChI is InChI=1S/C19H25NO8S2/c1-19(2,3)28-18(24)20(30(4,25)26)14-8-7-13(17(23)29-11-16(21)22)9-15(14)27-10-12-5-6-12/h7-9,12H,5-6,10-11H2,1-4H3,(H,21,22). The van der Waals surface area contributed by atoms with Crippen molar-refractivity contribution in [2.45, 2.75) is 39.2 Å². The molecule has 0 heterocycles. The highest BCUT2D eigenvalue weighted by Crippen LogP contribution is 2.36. The van der Waals surface area contributed by atoms with E-state index in [1.165, 1.54) is 18.2 Å². The summed E-state index contributed by atoms with van der Waals surface area (Å²) in [6, 6.07) is 3.91. The van der Waals surface area contributed by atoms with E-state index in [1.807, 2.05) is 0 Å². The number of rotatable bonds is 8. The molecule has 1 saturated carbocycles. The third-order valence-electron chi connectivity index (χ3n) is 3.80. The van der Waals surface area contributed by atoms with Crippen molar-refractivity contribution in [1.29, 1.82) is 0 Å². The van der Waals surface area contributed by atoms with Crippen LogP contribution in [0.5, 0.6) is 5.75 Å².